The van der Waals surface area contributed by atoms with Crippen LogP contribution in [0.1, 0.15) is 40.9 Å². The summed E-state index contributed by atoms with van der Waals surface area (Å²) in [6, 6.07) is 8.68. The molecule has 1 fully saturated rings. The number of aromatic nitrogens is 2. The average molecular weight is 340 g/mol. The number of hydrogen-bond donors (Lipinski definition) is 1. The van der Waals surface area contributed by atoms with E-state index in [1.54, 1.807) is 0 Å². The minimum absolute atomic E-state index is 0.143. The Hall–Kier alpha value is -2.14. The van der Waals surface area contributed by atoms with E-state index in [4.69, 9.17) is 5.73 Å². The van der Waals surface area contributed by atoms with Crippen molar-refractivity contribution in [3.63, 3.8) is 0 Å². The van der Waals surface area contributed by atoms with Crippen molar-refractivity contribution in [2.24, 2.45) is 5.73 Å². The minimum Gasteiger partial charge on any atom is -0.341 e. The van der Waals surface area contributed by atoms with Gasteiger partial charge in [-0.15, -0.1) is 0 Å². The molecule has 0 spiro atoms. The monoisotopic (exact) mass is 340 g/mol. The van der Waals surface area contributed by atoms with E-state index in [1.807, 2.05) is 16.5 Å². The van der Waals surface area contributed by atoms with Gasteiger partial charge in [0.2, 0.25) is 5.91 Å². The molecular weight excluding hydrogens is 312 g/mol. The van der Waals surface area contributed by atoms with E-state index in [0.29, 0.717) is 13.0 Å². The lowest BCUT2D eigenvalue weighted by Gasteiger charge is -2.15. The fourth-order valence-corrected chi connectivity index (χ4v) is 3.52. The Morgan fingerprint density at radius 2 is 1.96 bits per heavy atom. The number of carbonyl (C=O) groups excluding carboxylic acids is 1. The fraction of sp³-hybridized carbons (Fsp3) is 0.500. The molecule has 25 heavy (non-hydrogen) atoms. The molecule has 0 unspecified atom stereocenters. The summed E-state index contributed by atoms with van der Waals surface area (Å²) in [4.78, 5) is 14.3. The summed E-state index contributed by atoms with van der Waals surface area (Å²) in [5.41, 5.74) is 11.8. The van der Waals surface area contributed by atoms with E-state index in [-0.39, 0.29) is 11.9 Å². The number of hydrogen-bond acceptors (Lipinski definition) is 3. The molecule has 134 valence electrons. The summed E-state index contributed by atoms with van der Waals surface area (Å²) in [6.45, 7) is 8.48. The van der Waals surface area contributed by atoms with Crippen LogP contribution in [0, 0.1) is 20.8 Å². The van der Waals surface area contributed by atoms with Crippen LogP contribution in [0.2, 0.25) is 0 Å². The molecule has 1 aliphatic heterocycles. The summed E-state index contributed by atoms with van der Waals surface area (Å²) in [7, 11) is 0. The lowest BCUT2D eigenvalue weighted by molar-refractivity contribution is -0.130. The van der Waals surface area contributed by atoms with Gasteiger partial charge in [0.1, 0.15) is 0 Å². The Bertz CT molecular complexity index is 748. The number of amides is 1. The van der Waals surface area contributed by atoms with Crippen molar-refractivity contribution in [3.05, 3.63) is 52.3 Å². The maximum atomic E-state index is 12.4. The largest absolute Gasteiger partial charge is 0.341 e. The van der Waals surface area contributed by atoms with Crippen LogP contribution in [0.5, 0.6) is 0 Å². The Balaban J connectivity index is 1.65. The Morgan fingerprint density at radius 1 is 1.24 bits per heavy atom. The lowest BCUT2D eigenvalue weighted by Crippen LogP contribution is -2.32. The molecule has 5 nitrogen and oxygen atoms in total. The lowest BCUT2D eigenvalue weighted by atomic mass is 10.1. The molecule has 0 saturated carbocycles. The second kappa shape index (κ2) is 7.40. The van der Waals surface area contributed by atoms with Crippen LogP contribution in [-0.4, -0.2) is 39.7 Å². The normalized spacial score (nSPS) is 17.3. The first-order valence-corrected chi connectivity index (χ1v) is 9.06. The third-order valence-corrected chi connectivity index (χ3v) is 5.15. The highest BCUT2D eigenvalue weighted by molar-refractivity contribution is 5.76. The molecule has 5 heteroatoms. The number of aryl methyl sites for hydroxylation is 2. The molecule has 1 aromatic carbocycles. The SMILES string of the molecule is Cc1ccc(Cn2nc(C)c(CCC(=O)N3CC[C@@H](N)C3)c2C)cc1. The van der Waals surface area contributed by atoms with E-state index in [2.05, 4.69) is 43.2 Å². The third kappa shape index (κ3) is 4.10. The van der Waals surface area contributed by atoms with Gasteiger partial charge < -0.3 is 10.6 Å². The molecule has 3 rings (SSSR count). The second-order valence-electron chi connectivity index (χ2n) is 7.18. The quantitative estimate of drug-likeness (QED) is 0.909. The van der Waals surface area contributed by atoms with Crippen molar-refractivity contribution >= 4 is 5.91 Å². The van der Waals surface area contributed by atoms with Gasteiger partial charge in [-0.05, 0) is 44.7 Å². The molecule has 1 saturated heterocycles. The zero-order chi connectivity index (χ0) is 18.0. The number of likely N-dealkylation sites (tertiary alicyclic amines) is 1. The first-order valence-electron chi connectivity index (χ1n) is 9.06. The minimum atomic E-state index is 0.143. The van der Waals surface area contributed by atoms with E-state index in [0.717, 1.165) is 37.3 Å². The molecule has 1 aliphatic rings. The fourth-order valence-electron chi connectivity index (χ4n) is 3.52. The number of rotatable bonds is 5. The molecule has 2 N–H and O–H groups in total. The van der Waals surface area contributed by atoms with Gasteiger partial charge in [-0.25, -0.2) is 0 Å². The van der Waals surface area contributed by atoms with Gasteiger partial charge in [-0.3, -0.25) is 9.48 Å². The zero-order valence-electron chi connectivity index (χ0n) is 15.5. The van der Waals surface area contributed by atoms with E-state index >= 15 is 0 Å². The zero-order valence-corrected chi connectivity index (χ0v) is 15.5. The maximum Gasteiger partial charge on any atom is 0.222 e. The number of nitrogens with zero attached hydrogens (tertiary/aromatic N) is 3. The average Bonchev–Trinajstić information content (AvgIpc) is 3.12. The highest BCUT2D eigenvalue weighted by Crippen LogP contribution is 2.18. The van der Waals surface area contributed by atoms with E-state index in [1.165, 1.54) is 16.7 Å². The van der Waals surface area contributed by atoms with Crippen LogP contribution in [-0.2, 0) is 17.8 Å². The molecule has 0 radical (unpaired) electrons. The van der Waals surface area contributed by atoms with Crippen LogP contribution in [0.15, 0.2) is 24.3 Å². The van der Waals surface area contributed by atoms with Crippen LogP contribution in [0.25, 0.3) is 0 Å². The first-order chi connectivity index (χ1) is 11.9. The van der Waals surface area contributed by atoms with Crippen molar-refractivity contribution in [1.29, 1.82) is 0 Å². The third-order valence-electron chi connectivity index (χ3n) is 5.15. The van der Waals surface area contributed by atoms with Gasteiger partial charge in [0.15, 0.2) is 0 Å². The van der Waals surface area contributed by atoms with Gasteiger partial charge in [0, 0.05) is 31.2 Å². The molecule has 2 heterocycles. The summed E-state index contributed by atoms with van der Waals surface area (Å²) < 4.78 is 2.05. The van der Waals surface area contributed by atoms with Gasteiger partial charge in [0.25, 0.3) is 0 Å². The molecule has 0 bridgehead atoms. The summed E-state index contributed by atoms with van der Waals surface area (Å²) in [5, 5.41) is 4.69. The molecule has 2 aromatic rings. The Morgan fingerprint density at radius 3 is 2.60 bits per heavy atom. The van der Waals surface area contributed by atoms with Gasteiger partial charge in [-0.2, -0.15) is 5.10 Å². The van der Waals surface area contributed by atoms with Gasteiger partial charge >= 0.3 is 0 Å². The number of carbonyl (C=O) groups is 1. The summed E-state index contributed by atoms with van der Waals surface area (Å²) in [5.74, 6) is 0.207. The Labute approximate surface area is 149 Å². The van der Waals surface area contributed by atoms with Crippen molar-refractivity contribution in [1.82, 2.24) is 14.7 Å². The van der Waals surface area contributed by atoms with Gasteiger partial charge in [0.05, 0.1) is 12.2 Å². The number of nitrogens with two attached hydrogens (primary N) is 1. The predicted octanol–water partition coefficient (Wildman–Crippen LogP) is 2.35. The Kier molecular flexibility index (Phi) is 5.23. The molecule has 0 aliphatic carbocycles. The van der Waals surface area contributed by atoms with Crippen molar-refractivity contribution < 1.29 is 4.79 Å². The highest BCUT2D eigenvalue weighted by atomic mass is 16.2. The van der Waals surface area contributed by atoms with E-state index in [9.17, 15) is 4.79 Å². The first kappa shape index (κ1) is 17.7. The van der Waals surface area contributed by atoms with Crippen LogP contribution in [0.4, 0.5) is 0 Å². The summed E-state index contributed by atoms with van der Waals surface area (Å²) in [6.07, 6.45) is 2.19. The maximum absolute atomic E-state index is 12.4. The molecule has 1 amide bonds. The topological polar surface area (TPSA) is 64.2 Å². The summed E-state index contributed by atoms with van der Waals surface area (Å²) >= 11 is 0. The highest BCUT2D eigenvalue weighted by Gasteiger charge is 2.23. The molecule has 1 aromatic heterocycles. The van der Waals surface area contributed by atoms with Crippen molar-refractivity contribution in [2.75, 3.05) is 13.1 Å². The van der Waals surface area contributed by atoms with Crippen LogP contribution in [0.3, 0.4) is 0 Å². The van der Waals surface area contributed by atoms with Crippen molar-refractivity contribution in [2.45, 2.75) is 52.6 Å². The standard InChI is InChI=1S/C20H28N4O/c1-14-4-6-17(7-5-14)12-24-16(3)19(15(2)22-24)8-9-20(25)23-11-10-18(21)13-23/h4-7,18H,8-13,21H2,1-3H3/t18-/m1/s1. The molecular formula is C20H28N4O. The van der Waals surface area contributed by atoms with Crippen LogP contribution >= 0.6 is 0 Å². The van der Waals surface area contributed by atoms with Crippen molar-refractivity contribution in [3.8, 4) is 0 Å². The number of benzene rings is 1. The smallest absolute Gasteiger partial charge is 0.222 e. The predicted molar refractivity (Wildman–Crippen MR) is 99.5 cm³/mol. The van der Waals surface area contributed by atoms with Gasteiger partial charge in [-0.1, -0.05) is 29.8 Å². The second-order valence-corrected chi connectivity index (χ2v) is 7.18. The van der Waals surface area contributed by atoms with E-state index < -0.39 is 0 Å². The van der Waals surface area contributed by atoms with Crippen LogP contribution < -0.4 is 5.73 Å². The molecule has 1 atom stereocenters.